The van der Waals surface area contributed by atoms with E-state index in [1.54, 1.807) is 11.3 Å². The van der Waals surface area contributed by atoms with Crippen molar-refractivity contribution < 1.29 is 0 Å². The lowest BCUT2D eigenvalue weighted by molar-refractivity contribution is 0.552. The first kappa shape index (κ1) is 15.5. The van der Waals surface area contributed by atoms with Crippen LogP contribution < -0.4 is 5.32 Å². The quantitative estimate of drug-likeness (QED) is 0.639. The number of nitrogens with one attached hydrogen (secondary N) is 1. The Balaban J connectivity index is 2.26. The van der Waals surface area contributed by atoms with Crippen LogP contribution in [0.4, 0.5) is 0 Å². The Morgan fingerprint density at radius 2 is 2.11 bits per heavy atom. The van der Waals surface area contributed by atoms with E-state index in [2.05, 4.69) is 61.6 Å². The molecule has 1 atom stereocenters. The van der Waals surface area contributed by atoms with Crippen LogP contribution in [0.3, 0.4) is 0 Å². The summed E-state index contributed by atoms with van der Waals surface area (Å²) in [6.07, 6.45) is 0.957. The molecule has 0 aliphatic heterocycles. The van der Waals surface area contributed by atoms with Gasteiger partial charge in [0.15, 0.2) is 0 Å². The Bertz CT molecular complexity index is 536. The number of hydrogen-bond donors (Lipinski definition) is 1. The first-order valence-electron chi connectivity index (χ1n) is 6.01. The lowest BCUT2D eigenvalue weighted by atomic mass is 10.0. The molecule has 5 heteroatoms. The zero-order valence-corrected chi connectivity index (χ0v) is 15.2. The zero-order valence-electron chi connectivity index (χ0n) is 10.4. The Labute approximate surface area is 139 Å². The molecule has 2 aromatic rings. The number of benzene rings is 1. The maximum atomic E-state index is 6.14. The topological polar surface area (TPSA) is 12.0 Å². The largest absolute Gasteiger partial charge is 0.310 e. The van der Waals surface area contributed by atoms with Gasteiger partial charge in [-0.2, -0.15) is 0 Å². The van der Waals surface area contributed by atoms with Gasteiger partial charge in [-0.05, 0) is 57.7 Å². The fraction of sp³-hybridized carbons (Fsp3) is 0.286. The van der Waals surface area contributed by atoms with Crippen molar-refractivity contribution in [3.8, 4) is 0 Å². The highest BCUT2D eigenvalue weighted by Crippen LogP contribution is 2.30. The third-order valence-electron chi connectivity index (χ3n) is 2.82. The van der Waals surface area contributed by atoms with Gasteiger partial charge in [-0.3, -0.25) is 0 Å². The molecule has 0 saturated heterocycles. The molecule has 1 unspecified atom stereocenters. The van der Waals surface area contributed by atoms with E-state index in [0.717, 1.165) is 22.5 Å². The van der Waals surface area contributed by atoms with Crippen LogP contribution in [0, 0.1) is 0 Å². The average molecular weight is 424 g/mol. The van der Waals surface area contributed by atoms with Gasteiger partial charge in [0.2, 0.25) is 0 Å². The fourth-order valence-corrected chi connectivity index (χ4v) is 4.43. The zero-order chi connectivity index (χ0) is 13.8. The average Bonchev–Trinajstić information content (AvgIpc) is 2.73. The molecule has 0 spiro atoms. The minimum atomic E-state index is 0.273. The van der Waals surface area contributed by atoms with Crippen LogP contribution in [0.25, 0.3) is 0 Å². The molecule has 1 aromatic heterocycles. The Hall–Kier alpha value is 0.130. The van der Waals surface area contributed by atoms with E-state index in [1.165, 1.54) is 14.9 Å². The van der Waals surface area contributed by atoms with Gasteiger partial charge in [-0.1, -0.05) is 34.5 Å². The molecule has 0 fully saturated rings. The highest BCUT2D eigenvalue weighted by atomic mass is 79.9. The molecule has 19 heavy (non-hydrogen) atoms. The maximum Gasteiger partial charge on any atom is 0.0420 e. The first-order valence-corrected chi connectivity index (χ1v) is 8.85. The van der Waals surface area contributed by atoms with Crippen molar-refractivity contribution in [2.24, 2.45) is 0 Å². The lowest BCUT2D eigenvalue weighted by Gasteiger charge is -2.18. The Morgan fingerprint density at radius 1 is 1.32 bits per heavy atom. The maximum absolute atomic E-state index is 6.14. The summed E-state index contributed by atoms with van der Waals surface area (Å²) in [4.78, 5) is 1.35. The number of hydrogen-bond acceptors (Lipinski definition) is 2. The van der Waals surface area contributed by atoms with Gasteiger partial charge < -0.3 is 5.32 Å². The molecule has 0 aliphatic rings. The van der Waals surface area contributed by atoms with Crippen molar-refractivity contribution >= 4 is 54.8 Å². The van der Waals surface area contributed by atoms with Gasteiger partial charge in [0, 0.05) is 31.3 Å². The summed E-state index contributed by atoms with van der Waals surface area (Å²) in [6.45, 7) is 3.05. The van der Waals surface area contributed by atoms with E-state index in [4.69, 9.17) is 11.6 Å². The summed E-state index contributed by atoms with van der Waals surface area (Å²) in [5.74, 6) is 0. The third-order valence-corrected chi connectivity index (χ3v) is 5.44. The van der Waals surface area contributed by atoms with Crippen molar-refractivity contribution in [1.29, 1.82) is 0 Å². The van der Waals surface area contributed by atoms with E-state index in [1.807, 2.05) is 12.1 Å². The summed E-state index contributed by atoms with van der Waals surface area (Å²) in [5, 5.41) is 6.39. The van der Waals surface area contributed by atoms with Crippen molar-refractivity contribution in [2.45, 2.75) is 19.4 Å². The van der Waals surface area contributed by atoms with Crippen LogP contribution in [0.5, 0.6) is 0 Å². The highest BCUT2D eigenvalue weighted by Gasteiger charge is 2.15. The highest BCUT2D eigenvalue weighted by molar-refractivity contribution is 9.10. The van der Waals surface area contributed by atoms with Crippen molar-refractivity contribution in [3.63, 3.8) is 0 Å². The molecule has 2 rings (SSSR count). The van der Waals surface area contributed by atoms with Gasteiger partial charge in [0.1, 0.15) is 0 Å². The molecule has 102 valence electrons. The van der Waals surface area contributed by atoms with Crippen molar-refractivity contribution in [3.05, 3.63) is 54.1 Å². The van der Waals surface area contributed by atoms with Crippen molar-refractivity contribution in [2.75, 3.05) is 6.54 Å². The van der Waals surface area contributed by atoms with Gasteiger partial charge in [0.05, 0.1) is 0 Å². The van der Waals surface area contributed by atoms with Crippen LogP contribution in [0.2, 0.25) is 5.02 Å². The van der Waals surface area contributed by atoms with Gasteiger partial charge >= 0.3 is 0 Å². The Morgan fingerprint density at radius 3 is 2.68 bits per heavy atom. The summed E-state index contributed by atoms with van der Waals surface area (Å²) in [7, 11) is 0. The van der Waals surface area contributed by atoms with E-state index in [-0.39, 0.29) is 6.04 Å². The second kappa shape index (κ2) is 7.23. The van der Waals surface area contributed by atoms with E-state index >= 15 is 0 Å². The van der Waals surface area contributed by atoms with Gasteiger partial charge in [-0.25, -0.2) is 0 Å². The molecule has 0 aliphatic carbocycles. The lowest BCUT2D eigenvalue weighted by Crippen LogP contribution is -2.22. The number of rotatable bonds is 5. The van der Waals surface area contributed by atoms with Crippen LogP contribution in [0.1, 0.15) is 23.4 Å². The van der Waals surface area contributed by atoms with Gasteiger partial charge in [0.25, 0.3) is 0 Å². The molecule has 0 amide bonds. The van der Waals surface area contributed by atoms with Crippen LogP contribution in [0.15, 0.2) is 38.6 Å². The normalized spacial score (nSPS) is 12.6. The summed E-state index contributed by atoms with van der Waals surface area (Å²) < 4.78 is 2.20. The number of thiophene rings is 1. The van der Waals surface area contributed by atoms with Crippen LogP contribution in [-0.2, 0) is 6.42 Å². The number of halogens is 3. The standard InChI is InChI=1S/C14H14Br2ClNS/c1-2-18-13(8-14-12(16)3-4-19-14)9-5-10(15)7-11(17)6-9/h3-7,13,18H,2,8H2,1H3. The fourth-order valence-electron chi connectivity index (χ4n) is 1.99. The summed E-state index contributed by atoms with van der Waals surface area (Å²) in [6, 6.07) is 8.43. The molecule has 0 bridgehead atoms. The first-order chi connectivity index (χ1) is 9.10. The molecular weight excluding hydrogens is 409 g/mol. The Kier molecular flexibility index (Phi) is 5.90. The second-order valence-electron chi connectivity index (χ2n) is 4.21. The van der Waals surface area contributed by atoms with E-state index < -0.39 is 0 Å². The van der Waals surface area contributed by atoms with E-state index in [9.17, 15) is 0 Å². The van der Waals surface area contributed by atoms with Crippen molar-refractivity contribution in [1.82, 2.24) is 5.32 Å². The van der Waals surface area contributed by atoms with Crippen LogP contribution in [-0.4, -0.2) is 6.54 Å². The van der Waals surface area contributed by atoms with Gasteiger partial charge in [-0.15, -0.1) is 11.3 Å². The van der Waals surface area contributed by atoms with E-state index in [0.29, 0.717) is 0 Å². The molecule has 1 nitrogen and oxygen atoms in total. The molecule has 1 N–H and O–H groups in total. The molecule has 1 heterocycles. The second-order valence-corrected chi connectivity index (χ2v) is 7.42. The summed E-state index contributed by atoms with van der Waals surface area (Å²) >= 11 is 15.0. The SMILES string of the molecule is CCNC(Cc1sccc1Br)c1cc(Cl)cc(Br)c1. The number of likely N-dealkylation sites (N-methyl/N-ethyl adjacent to an activating group) is 1. The predicted molar refractivity (Wildman–Crippen MR) is 91.3 cm³/mol. The molecular formula is C14H14Br2ClNS. The minimum absolute atomic E-state index is 0.273. The monoisotopic (exact) mass is 421 g/mol. The molecule has 0 saturated carbocycles. The minimum Gasteiger partial charge on any atom is -0.310 e. The van der Waals surface area contributed by atoms with Crippen LogP contribution >= 0.6 is 54.8 Å². The molecule has 0 radical (unpaired) electrons. The molecule has 1 aromatic carbocycles. The smallest absolute Gasteiger partial charge is 0.0420 e. The third kappa shape index (κ3) is 4.30. The summed E-state index contributed by atoms with van der Waals surface area (Å²) in [5.41, 5.74) is 1.21. The predicted octanol–water partition coefficient (Wildman–Crippen LogP) is 5.82.